The van der Waals surface area contributed by atoms with Gasteiger partial charge in [-0.25, -0.2) is 0 Å². The van der Waals surface area contributed by atoms with E-state index in [0.29, 0.717) is 39.5 Å². The van der Waals surface area contributed by atoms with E-state index in [-0.39, 0.29) is 49.3 Å². The van der Waals surface area contributed by atoms with Crippen LogP contribution in [0.1, 0.15) is 92.8 Å². The predicted molar refractivity (Wildman–Crippen MR) is 443 cm³/mol. The number of ether oxygens (including phenoxy) is 1. The van der Waals surface area contributed by atoms with Gasteiger partial charge in [-0.05, 0) is 194 Å². The molecule has 0 unspecified atom stereocenters. The summed E-state index contributed by atoms with van der Waals surface area (Å²) in [5.74, 6) is 0.793. The van der Waals surface area contributed by atoms with Crippen molar-refractivity contribution in [3.8, 4) is 89.6 Å². The second-order valence-electron chi connectivity index (χ2n) is 30.1. The molecule has 16 aromatic carbocycles. The van der Waals surface area contributed by atoms with E-state index in [0.717, 1.165) is 94.6 Å². The third kappa shape index (κ3) is 7.62. The highest BCUT2D eigenvalue weighted by molar-refractivity contribution is 6.99. The first-order valence-electron chi connectivity index (χ1n) is 44.4. The molecular formula is C102H66BN3O. The highest BCUT2D eigenvalue weighted by Gasteiger charge is 2.54. The van der Waals surface area contributed by atoms with Crippen LogP contribution in [0.15, 0.2) is 345 Å². The maximum atomic E-state index is 9.94. The van der Waals surface area contributed by atoms with Gasteiger partial charge in [-0.1, -0.05) is 293 Å². The lowest BCUT2D eigenvalue weighted by Crippen LogP contribution is -2.59. The predicted octanol–water partition coefficient (Wildman–Crippen LogP) is 23.6. The standard InChI is InChI=1S/C102H66BN3O/c1-100(2,3)63-57-95-98-97(58-63)107-96-60-65(105-92-45-22-12-33-78(92)79-34-13-23-46-93(79)105)50-54-89(96)103(98)88-53-49-64(104-90-43-20-10-31-76(90)77-32-11-21-44-91(77)104)59-94(88)106(95)99-66(61-47-51-74-72-29-8-18-41-84(72)101(86(74)55-61)80-37-14-4-25-68(80)69-26-5-15-38-81(69)101)35-24-36-67(99)62-48-52-75-73-30-9-19-42-85(73)102(87(75)56-62)82-39-16-6-27-70(82)71-28-7-17-40-83(71)102/h4-60H,1-3H3/i10D,11D,12D,13D,20D,21D,22D,23D,31D,32D,33D,34D,43D,44D,45D,46D. The van der Waals surface area contributed by atoms with Crippen molar-refractivity contribution in [1.29, 1.82) is 0 Å². The average molecular weight is 1380 g/mol. The monoisotopic (exact) mass is 1380 g/mol. The third-order valence-electron chi connectivity index (χ3n) is 24.1. The molecule has 18 aromatic rings. The molecule has 0 radical (unpaired) electrons. The summed E-state index contributed by atoms with van der Waals surface area (Å²) in [7, 11) is 0. The molecule has 0 saturated heterocycles. The summed E-state index contributed by atoms with van der Waals surface area (Å²) >= 11 is 0. The van der Waals surface area contributed by atoms with Crippen LogP contribution in [-0.2, 0) is 16.2 Å². The zero-order valence-electron chi connectivity index (χ0n) is 74.0. The van der Waals surface area contributed by atoms with Gasteiger partial charge >= 0.3 is 0 Å². The molecule has 2 spiro atoms. The summed E-state index contributed by atoms with van der Waals surface area (Å²) in [6.07, 6.45) is 0. The number of hydrogen-bond acceptors (Lipinski definition) is 2. The van der Waals surface area contributed by atoms with Gasteiger partial charge in [0.1, 0.15) is 11.5 Å². The number of benzene rings is 16. The van der Waals surface area contributed by atoms with Crippen molar-refractivity contribution in [3.05, 3.63) is 395 Å². The lowest BCUT2D eigenvalue weighted by atomic mass is 9.34. The molecule has 107 heavy (non-hydrogen) atoms. The summed E-state index contributed by atoms with van der Waals surface area (Å²) in [6, 6.07) is 80.2. The van der Waals surface area contributed by atoms with Gasteiger partial charge in [-0.15, -0.1) is 0 Å². The van der Waals surface area contributed by atoms with Crippen LogP contribution in [0.2, 0.25) is 0 Å². The van der Waals surface area contributed by atoms with Crippen LogP contribution in [0.3, 0.4) is 0 Å². The second-order valence-corrected chi connectivity index (χ2v) is 30.1. The van der Waals surface area contributed by atoms with Gasteiger partial charge in [0.2, 0.25) is 0 Å². The lowest BCUT2D eigenvalue weighted by Gasteiger charge is -2.42. The number of anilines is 3. The minimum Gasteiger partial charge on any atom is -0.458 e. The molecule has 0 saturated carbocycles. The molecule has 24 rings (SSSR count). The Bertz CT molecular complexity index is 7540. The summed E-state index contributed by atoms with van der Waals surface area (Å²) in [6.45, 7) is 5.67. The first-order chi connectivity index (χ1) is 59.4. The van der Waals surface area contributed by atoms with Crippen LogP contribution in [-0.4, -0.2) is 15.8 Å². The number of para-hydroxylation sites is 5. The Hall–Kier alpha value is -13.2. The Balaban J connectivity index is 0.839. The first kappa shape index (κ1) is 45.8. The highest BCUT2D eigenvalue weighted by atomic mass is 16.5. The van der Waals surface area contributed by atoms with Gasteiger partial charge in [-0.2, -0.15) is 0 Å². The minimum atomic E-state index is -0.767. The molecule has 0 fully saturated rings. The van der Waals surface area contributed by atoms with E-state index < -0.39 is 120 Å². The summed E-state index contributed by atoms with van der Waals surface area (Å²) < 4.78 is 161. The van der Waals surface area contributed by atoms with Crippen molar-refractivity contribution >= 4 is 83.8 Å². The number of aromatic nitrogens is 2. The molecule has 4 heterocycles. The molecule has 0 bridgehead atoms. The molecule has 2 aliphatic heterocycles. The minimum absolute atomic E-state index is 0.0564. The van der Waals surface area contributed by atoms with Crippen LogP contribution in [0.4, 0.5) is 17.1 Å². The third-order valence-corrected chi connectivity index (χ3v) is 24.1. The normalized spacial score (nSPS) is 16.4. The van der Waals surface area contributed by atoms with Crippen LogP contribution >= 0.6 is 0 Å². The van der Waals surface area contributed by atoms with Crippen LogP contribution in [0.25, 0.3) is 122 Å². The van der Waals surface area contributed by atoms with E-state index in [1.165, 1.54) is 37.9 Å². The van der Waals surface area contributed by atoms with E-state index >= 15 is 0 Å². The van der Waals surface area contributed by atoms with Gasteiger partial charge in [-0.3, -0.25) is 0 Å². The van der Waals surface area contributed by atoms with Crippen LogP contribution < -0.4 is 26.0 Å². The molecule has 4 aliphatic carbocycles. The maximum Gasteiger partial charge on any atom is 0.256 e. The Kier molecular flexibility index (Phi) is 9.09. The van der Waals surface area contributed by atoms with E-state index in [2.05, 4.69) is 238 Å². The van der Waals surface area contributed by atoms with E-state index in [4.69, 9.17) is 13.0 Å². The van der Waals surface area contributed by atoms with Crippen molar-refractivity contribution < 1.29 is 26.7 Å². The van der Waals surface area contributed by atoms with Crippen molar-refractivity contribution in [2.24, 2.45) is 0 Å². The molecule has 498 valence electrons. The fourth-order valence-electron chi connectivity index (χ4n) is 19.8. The average Bonchev–Trinajstić information content (AvgIpc) is 1.59. The molecule has 5 heteroatoms. The smallest absolute Gasteiger partial charge is 0.256 e. The number of nitrogens with zero attached hydrogens (tertiary/aromatic N) is 3. The van der Waals surface area contributed by atoms with Gasteiger partial charge in [0.05, 0.1) is 60.5 Å². The van der Waals surface area contributed by atoms with Crippen molar-refractivity contribution in [2.75, 3.05) is 4.90 Å². The number of fused-ring (bicyclic) bond motifs is 30. The van der Waals surface area contributed by atoms with Crippen LogP contribution in [0.5, 0.6) is 11.5 Å². The zero-order valence-corrected chi connectivity index (χ0v) is 58.0. The van der Waals surface area contributed by atoms with Gasteiger partial charge in [0.25, 0.3) is 6.71 Å². The molecule has 4 nitrogen and oxygen atoms in total. The largest absolute Gasteiger partial charge is 0.458 e. The molecule has 2 aromatic heterocycles. The molecule has 6 aliphatic rings. The number of hydrogen-bond donors (Lipinski definition) is 0. The highest BCUT2D eigenvalue weighted by Crippen LogP contribution is 2.66. The summed E-state index contributed by atoms with van der Waals surface area (Å²) in [4.78, 5) is 2.32. The number of rotatable bonds is 5. The quantitative estimate of drug-likeness (QED) is 0.160. The van der Waals surface area contributed by atoms with Crippen molar-refractivity contribution in [2.45, 2.75) is 37.0 Å². The van der Waals surface area contributed by atoms with Crippen LogP contribution in [0, 0.1) is 0 Å². The van der Waals surface area contributed by atoms with Gasteiger partial charge < -0.3 is 18.8 Å². The van der Waals surface area contributed by atoms with Crippen molar-refractivity contribution in [1.82, 2.24) is 9.13 Å². The lowest BCUT2D eigenvalue weighted by molar-refractivity contribution is 0.483. The van der Waals surface area contributed by atoms with Gasteiger partial charge in [0, 0.05) is 61.5 Å². The fourth-order valence-corrected chi connectivity index (χ4v) is 19.8. The summed E-state index contributed by atoms with van der Waals surface area (Å²) in [5.41, 5.74) is 24.9. The van der Waals surface area contributed by atoms with E-state index in [1.807, 2.05) is 24.3 Å². The Labute approximate surface area is 643 Å². The van der Waals surface area contributed by atoms with E-state index in [1.54, 1.807) is 16.7 Å². The molecule has 0 N–H and O–H groups in total. The summed E-state index contributed by atoms with van der Waals surface area (Å²) in [5, 5.41) is -0.303. The Morgan fingerprint density at radius 2 is 0.682 bits per heavy atom. The van der Waals surface area contributed by atoms with E-state index in [9.17, 15) is 13.7 Å². The SMILES string of the molecule is [2H]c1c([2H])c([2H])c2c(c1[2H])c1c([2H])c([2H])c([2H])c([2H])c1n2-c1ccc2c(c1)Oc1cc(C(C)(C)C)cc3c1B2c1ccc(-n2c4c([2H])c([2H])c([2H])c([2H])c4c4c([2H])c([2H])c([2H])c([2H])c42)cc1N3c1c(-c2ccc3c(c2)C2(c4ccccc4-c4ccccc42)c2ccccc2-3)cccc1-c1ccc2c(c1)C1(c3ccccc3-c3ccccc31)c1ccccc1-2. The molecular weight excluding hydrogens is 1290 g/mol. The fraction of sp³-hybridized carbons (Fsp3) is 0.0588. The van der Waals surface area contributed by atoms with Crippen molar-refractivity contribution in [3.63, 3.8) is 0 Å². The Morgan fingerprint density at radius 1 is 0.318 bits per heavy atom. The maximum absolute atomic E-state index is 9.94. The first-order valence-corrected chi connectivity index (χ1v) is 36.4. The molecule has 0 amide bonds. The zero-order chi connectivity index (χ0) is 84.3. The molecule has 0 atom stereocenters. The Morgan fingerprint density at radius 3 is 1.09 bits per heavy atom. The van der Waals surface area contributed by atoms with Gasteiger partial charge in [0.15, 0.2) is 0 Å². The topological polar surface area (TPSA) is 22.3 Å². The second kappa shape index (κ2) is 21.3.